The van der Waals surface area contributed by atoms with E-state index in [1.54, 1.807) is 42.5 Å². The number of hydrogen-bond donors (Lipinski definition) is 3. The van der Waals surface area contributed by atoms with E-state index < -0.39 is 12.0 Å². The van der Waals surface area contributed by atoms with Crippen LogP contribution in [-0.4, -0.2) is 42.3 Å². The Hall–Kier alpha value is -3.55. The second-order valence-electron chi connectivity index (χ2n) is 6.57. The van der Waals surface area contributed by atoms with Crippen molar-refractivity contribution in [3.05, 3.63) is 59.7 Å². The third-order valence-corrected chi connectivity index (χ3v) is 4.40. The molecule has 2 aromatic carbocycles. The number of hydrogen-bond acceptors (Lipinski definition) is 5. The van der Waals surface area contributed by atoms with Crippen LogP contribution in [0.15, 0.2) is 48.5 Å². The smallest absolute Gasteiger partial charge is 0.303 e. The van der Waals surface area contributed by atoms with Crippen LogP contribution < -0.4 is 20.1 Å². The maximum absolute atomic E-state index is 12.7. The number of carbonyl (C=O) groups excluding carboxylic acids is 2. The fraction of sp³-hybridized carbons (Fsp3) is 0.286. The molecule has 1 aliphatic rings. The third kappa shape index (κ3) is 5.71. The molecule has 2 amide bonds. The first-order valence-electron chi connectivity index (χ1n) is 9.27. The molecule has 8 heteroatoms. The second-order valence-corrected chi connectivity index (χ2v) is 6.57. The van der Waals surface area contributed by atoms with Gasteiger partial charge in [-0.3, -0.25) is 14.4 Å². The molecule has 152 valence electrons. The first kappa shape index (κ1) is 20.2. The number of rotatable bonds is 9. The Kier molecular flexibility index (Phi) is 6.67. The molecule has 1 heterocycles. The van der Waals surface area contributed by atoms with E-state index in [4.69, 9.17) is 14.6 Å². The zero-order chi connectivity index (χ0) is 20.6. The fourth-order valence-electron chi connectivity index (χ4n) is 2.92. The van der Waals surface area contributed by atoms with Gasteiger partial charge in [-0.25, -0.2) is 0 Å². The molecular formula is C21H22N2O6. The molecular weight excluding hydrogens is 376 g/mol. The summed E-state index contributed by atoms with van der Waals surface area (Å²) >= 11 is 0. The summed E-state index contributed by atoms with van der Waals surface area (Å²) in [4.78, 5) is 35.8. The predicted octanol–water partition coefficient (Wildman–Crippen LogP) is 1.74. The van der Waals surface area contributed by atoms with Crippen LogP contribution in [0.2, 0.25) is 0 Å². The number of aliphatic carboxylic acids is 1. The van der Waals surface area contributed by atoms with Crippen LogP contribution in [0, 0.1) is 0 Å². The van der Waals surface area contributed by atoms with Crippen molar-refractivity contribution < 1.29 is 29.0 Å². The van der Waals surface area contributed by atoms with Gasteiger partial charge in [0.15, 0.2) is 11.5 Å². The SMILES string of the molecule is O=C(O)CCCNC(=O)C(Cc1ccc2c(c1)OCO2)NC(=O)c1ccccc1. The highest BCUT2D eigenvalue weighted by Crippen LogP contribution is 2.32. The molecule has 0 aliphatic carbocycles. The highest BCUT2D eigenvalue weighted by molar-refractivity contribution is 5.97. The van der Waals surface area contributed by atoms with Crippen molar-refractivity contribution in [1.82, 2.24) is 10.6 Å². The Balaban J connectivity index is 1.69. The minimum absolute atomic E-state index is 0.0382. The Morgan fingerprint density at radius 3 is 2.55 bits per heavy atom. The first-order chi connectivity index (χ1) is 14.0. The molecule has 29 heavy (non-hydrogen) atoms. The summed E-state index contributed by atoms with van der Waals surface area (Å²) < 4.78 is 10.7. The number of amides is 2. The molecule has 1 unspecified atom stereocenters. The molecule has 0 radical (unpaired) electrons. The molecule has 0 aromatic heterocycles. The van der Waals surface area contributed by atoms with Gasteiger partial charge in [0, 0.05) is 24.9 Å². The number of carbonyl (C=O) groups is 3. The molecule has 0 saturated heterocycles. The van der Waals surface area contributed by atoms with E-state index in [0.717, 1.165) is 5.56 Å². The molecule has 0 fully saturated rings. The predicted molar refractivity (Wildman–Crippen MR) is 104 cm³/mol. The quantitative estimate of drug-likeness (QED) is 0.555. The first-order valence-corrected chi connectivity index (χ1v) is 9.27. The summed E-state index contributed by atoms with van der Waals surface area (Å²) in [5, 5.41) is 14.2. The van der Waals surface area contributed by atoms with Gasteiger partial charge in [0.2, 0.25) is 12.7 Å². The van der Waals surface area contributed by atoms with Crippen LogP contribution in [0.5, 0.6) is 11.5 Å². The van der Waals surface area contributed by atoms with E-state index >= 15 is 0 Å². The Bertz CT molecular complexity index is 884. The Morgan fingerprint density at radius 2 is 1.79 bits per heavy atom. The lowest BCUT2D eigenvalue weighted by molar-refractivity contribution is -0.137. The van der Waals surface area contributed by atoms with E-state index in [1.165, 1.54) is 0 Å². The van der Waals surface area contributed by atoms with Crippen LogP contribution in [-0.2, 0) is 16.0 Å². The number of carboxylic acids is 1. The lowest BCUT2D eigenvalue weighted by atomic mass is 10.0. The summed E-state index contributed by atoms with van der Waals surface area (Å²) in [5.41, 5.74) is 1.25. The van der Waals surface area contributed by atoms with E-state index in [9.17, 15) is 14.4 Å². The van der Waals surface area contributed by atoms with E-state index in [-0.39, 0.29) is 38.0 Å². The van der Waals surface area contributed by atoms with Crippen molar-refractivity contribution in [2.75, 3.05) is 13.3 Å². The van der Waals surface area contributed by atoms with Crippen LogP contribution in [0.3, 0.4) is 0 Å². The number of nitrogens with one attached hydrogen (secondary N) is 2. The van der Waals surface area contributed by atoms with Gasteiger partial charge in [0.1, 0.15) is 6.04 Å². The highest BCUT2D eigenvalue weighted by atomic mass is 16.7. The van der Waals surface area contributed by atoms with E-state index in [1.807, 2.05) is 6.07 Å². The van der Waals surface area contributed by atoms with Crippen LogP contribution in [0.4, 0.5) is 0 Å². The fourth-order valence-corrected chi connectivity index (χ4v) is 2.92. The summed E-state index contributed by atoms with van der Waals surface area (Å²) in [7, 11) is 0. The van der Waals surface area contributed by atoms with Gasteiger partial charge in [-0.15, -0.1) is 0 Å². The van der Waals surface area contributed by atoms with Crippen LogP contribution in [0.1, 0.15) is 28.8 Å². The minimum Gasteiger partial charge on any atom is -0.481 e. The van der Waals surface area contributed by atoms with Gasteiger partial charge < -0.3 is 25.2 Å². The van der Waals surface area contributed by atoms with Crippen LogP contribution in [0.25, 0.3) is 0 Å². The van der Waals surface area contributed by atoms with Crippen LogP contribution >= 0.6 is 0 Å². The molecule has 0 saturated carbocycles. The monoisotopic (exact) mass is 398 g/mol. The van der Waals surface area contributed by atoms with Gasteiger partial charge >= 0.3 is 5.97 Å². The van der Waals surface area contributed by atoms with Gasteiger partial charge in [-0.2, -0.15) is 0 Å². The van der Waals surface area contributed by atoms with Crippen molar-refractivity contribution in [2.24, 2.45) is 0 Å². The largest absolute Gasteiger partial charge is 0.481 e. The van der Waals surface area contributed by atoms with E-state index in [2.05, 4.69) is 10.6 Å². The lowest BCUT2D eigenvalue weighted by Crippen LogP contribution is -2.48. The van der Waals surface area contributed by atoms with E-state index in [0.29, 0.717) is 23.5 Å². The summed E-state index contributed by atoms with van der Waals surface area (Å²) in [5.74, 6) is -0.433. The van der Waals surface area contributed by atoms with Crippen molar-refractivity contribution in [1.29, 1.82) is 0 Å². The highest BCUT2D eigenvalue weighted by Gasteiger charge is 2.23. The molecule has 3 rings (SSSR count). The molecule has 3 N–H and O–H groups in total. The molecule has 2 aromatic rings. The summed E-state index contributed by atoms with van der Waals surface area (Å²) in [6.45, 7) is 0.362. The van der Waals surface area contributed by atoms with Crippen molar-refractivity contribution in [3.63, 3.8) is 0 Å². The topological polar surface area (TPSA) is 114 Å². The number of carboxylic acid groups (broad SMARTS) is 1. The number of fused-ring (bicyclic) bond motifs is 1. The molecule has 0 spiro atoms. The molecule has 1 atom stereocenters. The van der Waals surface area contributed by atoms with Gasteiger partial charge in [0.25, 0.3) is 5.91 Å². The Morgan fingerprint density at radius 1 is 1.03 bits per heavy atom. The molecule has 0 bridgehead atoms. The zero-order valence-corrected chi connectivity index (χ0v) is 15.7. The average molecular weight is 398 g/mol. The van der Waals surface area contributed by atoms with Gasteiger partial charge in [-0.1, -0.05) is 24.3 Å². The zero-order valence-electron chi connectivity index (χ0n) is 15.7. The Labute approximate surface area is 167 Å². The number of benzene rings is 2. The van der Waals surface area contributed by atoms with Gasteiger partial charge in [-0.05, 0) is 36.2 Å². The minimum atomic E-state index is -0.923. The summed E-state index contributed by atoms with van der Waals surface area (Å²) in [6, 6.07) is 13.1. The number of ether oxygens (including phenoxy) is 2. The second kappa shape index (κ2) is 9.59. The molecule has 8 nitrogen and oxygen atoms in total. The standard InChI is InChI=1S/C21H22N2O6/c24-19(25)7-4-10-22-21(27)16(23-20(26)15-5-2-1-3-6-15)11-14-8-9-17-18(12-14)29-13-28-17/h1-3,5-6,8-9,12,16H,4,7,10-11,13H2,(H,22,27)(H,23,26)(H,24,25). The normalized spacial score (nSPS) is 12.8. The average Bonchev–Trinajstić information content (AvgIpc) is 3.19. The maximum atomic E-state index is 12.7. The molecule has 1 aliphatic heterocycles. The summed E-state index contributed by atoms with van der Waals surface area (Å²) in [6.07, 6.45) is 0.522. The van der Waals surface area contributed by atoms with Crippen molar-refractivity contribution >= 4 is 17.8 Å². The van der Waals surface area contributed by atoms with Crippen molar-refractivity contribution in [2.45, 2.75) is 25.3 Å². The maximum Gasteiger partial charge on any atom is 0.303 e. The van der Waals surface area contributed by atoms with Crippen molar-refractivity contribution in [3.8, 4) is 11.5 Å². The lowest BCUT2D eigenvalue weighted by Gasteiger charge is -2.19. The van der Waals surface area contributed by atoms with Gasteiger partial charge in [0.05, 0.1) is 0 Å². The third-order valence-electron chi connectivity index (χ3n) is 4.40.